The van der Waals surface area contributed by atoms with Crippen LogP contribution < -0.4 is 5.32 Å². The molecule has 88 valence electrons. The van der Waals surface area contributed by atoms with E-state index in [-0.39, 0.29) is 5.82 Å². The van der Waals surface area contributed by atoms with Crippen molar-refractivity contribution < 1.29 is 4.39 Å². The van der Waals surface area contributed by atoms with Gasteiger partial charge in [-0.05, 0) is 43.7 Å². The third-order valence-electron chi connectivity index (χ3n) is 2.53. The van der Waals surface area contributed by atoms with Crippen LogP contribution in [0.1, 0.15) is 17.0 Å². The molecule has 0 atom stereocenters. The SMILES string of the molecule is Cc1ccc(F)c(NCc2cccc(C)n2)c1. The molecule has 1 N–H and O–H groups in total. The molecule has 17 heavy (non-hydrogen) atoms. The van der Waals surface area contributed by atoms with Gasteiger partial charge in [-0.1, -0.05) is 12.1 Å². The molecule has 3 heteroatoms. The Balaban J connectivity index is 2.09. The molecule has 1 aromatic carbocycles. The molecule has 1 heterocycles. The summed E-state index contributed by atoms with van der Waals surface area (Å²) in [5.74, 6) is -0.233. The largest absolute Gasteiger partial charge is 0.377 e. The normalized spacial score (nSPS) is 10.3. The van der Waals surface area contributed by atoms with Gasteiger partial charge in [-0.15, -0.1) is 0 Å². The van der Waals surface area contributed by atoms with Gasteiger partial charge in [0.15, 0.2) is 0 Å². The number of pyridine rings is 1. The fraction of sp³-hybridized carbons (Fsp3) is 0.214. The number of nitrogens with zero attached hydrogens (tertiary/aromatic N) is 1. The average molecular weight is 230 g/mol. The van der Waals surface area contributed by atoms with Crippen molar-refractivity contribution in [1.29, 1.82) is 0 Å². The van der Waals surface area contributed by atoms with E-state index in [9.17, 15) is 4.39 Å². The number of aryl methyl sites for hydroxylation is 2. The molecule has 2 nitrogen and oxygen atoms in total. The fourth-order valence-electron chi connectivity index (χ4n) is 1.66. The first-order valence-electron chi connectivity index (χ1n) is 5.58. The van der Waals surface area contributed by atoms with E-state index in [2.05, 4.69) is 10.3 Å². The summed E-state index contributed by atoms with van der Waals surface area (Å²) in [6.45, 7) is 4.41. The molecule has 0 amide bonds. The van der Waals surface area contributed by atoms with E-state index in [0.717, 1.165) is 17.0 Å². The Morgan fingerprint density at radius 2 is 2.00 bits per heavy atom. The van der Waals surface area contributed by atoms with Crippen molar-refractivity contribution in [2.75, 3.05) is 5.32 Å². The Labute approximate surface area is 101 Å². The Morgan fingerprint density at radius 1 is 1.18 bits per heavy atom. The molecule has 1 aromatic heterocycles. The Hall–Kier alpha value is -1.90. The van der Waals surface area contributed by atoms with Crippen molar-refractivity contribution >= 4 is 5.69 Å². The molecule has 2 rings (SSSR count). The molecule has 0 bridgehead atoms. The van der Waals surface area contributed by atoms with E-state index in [1.807, 2.05) is 32.0 Å². The molecule has 0 unspecified atom stereocenters. The minimum Gasteiger partial charge on any atom is -0.377 e. The lowest BCUT2D eigenvalue weighted by molar-refractivity contribution is 0.629. The van der Waals surface area contributed by atoms with Gasteiger partial charge in [-0.2, -0.15) is 0 Å². The zero-order valence-corrected chi connectivity index (χ0v) is 10.00. The van der Waals surface area contributed by atoms with Crippen molar-refractivity contribution in [2.45, 2.75) is 20.4 Å². The molecule has 0 fully saturated rings. The number of halogens is 1. The van der Waals surface area contributed by atoms with Crippen molar-refractivity contribution in [2.24, 2.45) is 0 Å². The van der Waals surface area contributed by atoms with Gasteiger partial charge in [0.25, 0.3) is 0 Å². The van der Waals surface area contributed by atoms with Gasteiger partial charge in [0.1, 0.15) is 5.82 Å². The highest BCUT2D eigenvalue weighted by Gasteiger charge is 2.02. The topological polar surface area (TPSA) is 24.9 Å². The molecule has 0 saturated carbocycles. The summed E-state index contributed by atoms with van der Waals surface area (Å²) in [6.07, 6.45) is 0. The van der Waals surface area contributed by atoms with Gasteiger partial charge in [0.05, 0.1) is 17.9 Å². The molecular weight excluding hydrogens is 215 g/mol. The van der Waals surface area contributed by atoms with Gasteiger partial charge < -0.3 is 5.32 Å². The van der Waals surface area contributed by atoms with E-state index in [4.69, 9.17) is 0 Å². The van der Waals surface area contributed by atoms with Crippen molar-refractivity contribution in [3.63, 3.8) is 0 Å². The van der Waals surface area contributed by atoms with Crippen LogP contribution in [0.15, 0.2) is 36.4 Å². The number of benzene rings is 1. The van der Waals surface area contributed by atoms with Crippen LogP contribution in [0.5, 0.6) is 0 Å². The van der Waals surface area contributed by atoms with Crippen molar-refractivity contribution in [1.82, 2.24) is 4.98 Å². The highest BCUT2D eigenvalue weighted by Crippen LogP contribution is 2.16. The second kappa shape index (κ2) is 4.95. The van der Waals surface area contributed by atoms with E-state index in [1.54, 1.807) is 12.1 Å². The first-order valence-corrected chi connectivity index (χ1v) is 5.58. The van der Waals surface area contributed by atoms with Crippen LogP contribution in [-0.4, -0.2) is 4.98 Å². The number of anilines is 1. The number of nitrogens with one attached hydrogen (secondary N) is 1. The Morgan fingerprint density at radius 3 is 2.76 bits per heavy atom. The van der Waals surface area contributed by atoms with E-state index in [0.29, 0.717) is 12.2 Å². The minimum atomic E-state index is -0.233. The predicted molar refractivity (Wildman–Crippen MR) is 67.4 cm³/mol. The zero-order chi connectivity index (χ0) is 12.3. The van der Waals surface area contributed by atoms with Crippen LogP contribution in [0.3, 0.4) is 0 Å². The molecular formula is C14H15FN2. The summed E-state index contributed by atoms with van der Waals surface area (Å²) >= 11 is 0. The molecule has 0 aliphatic carbocycles. The number of hydrogen-bond donors (Lipinski definition) is 1. The maximum absolute atomic E-state index is 13.5. The lowest BCUT2D eigenvalue weighted by atomic mass is 10.2. The molecule has 0 saturated heterocycles. The second-order valence-corrected chi connectivity index (χ2v) is 4.11. The molecule has 0 aliphatic rings. The highest BCUT2D eigenvalue weighted by atomic mass is 19.1. The van der Waals surface area contributed by atoms with E-state index in [1.165, 1.54) is 6.07 Å². The maximum atomic E-state index is 13.5. The first kappa shape index (κ1) is 11.6. The average Bonchev–Trinajstić information content (AvgIpc) is 2.30. The smallest absolute Gasteiger partial charge is 0.146 e. The number of aromatic nitrogens is 1. The minimum absolute atomic E-state index is 0.233. The lowest BCUT2D eigenvalue weighted by Crippen LogP contribution is -2.04. The predicted octanol–water partition coefficient (Wildman–Crippen LogP) is 3.45. The summed E-state index contributed by atoms with van der Waals surface area (Å²) in [7, 11) is 0. The standard InChI is InChI=1S/C14H15FN2/c1-10-6-7-13(15)14(8-10)16-9-12-5-3-4-11(2)17-12/h3-8,16H,9H2,1-2H3. The van der Waals surface area contributed by atoms with E-state index >= 15 is 0 Å². The van der Waals surface area contributed by atoms with Gasteiger partial charge >= 0.3 is 0 Å². The first-order chi connectivity index (χ1) is 8.15. The summed E-state index contributed by atoms with van der Waals surface area (Å²) in [5.41, 5.74) is 3.43. The summed E-state index contributed by atoms with van der Waals surface area (Å²) < 4.78 is 13.5. The summed E-state index contributed by atoms with van der Waals surface area (Å²) in [4.78, 5) is 4.36. The van der Waals surface area contributed by atoms with Gasteiger partial charge in [0, 0.05) is 5.69 Å². The van der Waals surface area contributed by atoms with Crippen LogP contribution in [0, 0.1) is 19.7 Å². The summed E-state index contributed by atoms with van der Waals surface area (Å²) in [6, 6.07) is 10.8. The Kier molecular flexibility index (Phi) is 3.38. The van der Waals surface area contributed by atoms with Crippen LogP contribution in [0.4, 0.5) is 10.1 Å². The quantitative estimate of drug-likeness (QED) is 0.873. The van der Waals surface area contributed by atoms with Gasteiger partial charge in [-0.3, -0.25) is 4.98 Å². The summed E-state index contributed by atoms with van der Waals surface area (Å²) in [5, 5.41) is 3.06. The van der Waals surface area contributed by atoms with Crippen LogP contribution >= 0.6 is 0 Å². The van der Waals surface area contributed by atoms with Crippen molar-refractivity contribution in [3.05, 3.63) is 59.2 Å². The molecule has 0 spiro atoms. The number of hydrogen-bond acceptors (Lipinski definition) is 2. The van der Waals surface area contributed by atoms with Crippen LogP contribution in [0.25, 0.3) is 0 Å². The third-order valence-corrected chi connectivity index (χ3v) is 2.53. The maximum Gasteiger partial charge on any atom is 0.146 e. The molecule has 0 aliphatic heterocycles. The lowest BCUT2D eigenvalue weighted by Gasteiger charge is -2.08. The molecule has 2 aromatic rings. The van der Waals surface area contributed by atoms with Crippen LogP contribution in [0.2, 0.25) is 0 Å². The second-order valence-electron chi connectivity index (χ2n) is 4.11. The van der Waals surface area contributed by atoms with Crippen LogP contribution in [-0.2, 0) is 6.54 Å². The van der Waals surface area contributed by atoms with E-state index < -0.39 is 0 Å². The fourth-order valence-corrected chi connectivity index (χ4v) is 1.66. The zero-order valence-electron chi connectivity index (χ0n) is 10.00. The monoisotopic (exact) mass is 230 g/mol. The third kappa shape index (κ3) is 3.03. The number of rotatable bonds is 3. The molecule has 0 radical (unpaired) electrons. The van der Waals surface area contributed by atoms with Crippen molar-refractivity contribution in [3.8, 4) is 0 Å². The Bertz CT molecular complexity index is 523. The van der Waals surface area contributed by atoms with Gasteiger partial charge in [-0.25, -0.2) is 4.39 Å². The van der Waals surface area contributed by atoms with Gasteiger partial charge in [0.2, 0.25) is 0 Å². The highest BCUT2D eigenvalue weighted by molar-refractivity contribution is 5.47.